The Morgan fingerprint density at radius 2 is 2.12 bits per heavy atom. The van der Waals surface area contributed by atoms with Crippen LogP contribution in [0.4, 0.5) is 0 Å². The van der Waals surface area contributed by atoms with Crippen molar-refractivity contribution in [2.24, 2.45) is 0 Å². The molecular weight excluding hydrogens is 336 g/mol. The highest BCUT2D eigenvalue weighted by atomic mass is 32.1. The second-order valence-corrected chi connectivity index (χ2v) is 7.52. The summed E-state index contributed by atoms with van der Waals surface area (Å²) in [6, 6.07) is 9.83. The van der Waals surface area contributed by atoms with E-state index in [1.807, 2.05) is 6.07 Å². The molecule has 1 amide bonds. The Hall–Kier alpha value is -2.05. The summed E-state index contributed by atoms with van der Waals surface area (Å²) in [5, 5.41) is 5.29. The van der Waals surface area contributed by atoms with Gasteiger partial charge in [0.2, 0.25) is 0 Å². The van der Waals surface area contributed by atoms with Crippen molar-refractivity contribution in [3.63, 3.8) is 0 Å². The molecule has 1 atom stereocenters. The molecule has 0 saturated carbocycles. The van der Waals surface area contributed by atoms with Crippen LogP contribution in [-0.2, 0) is 6.54 Å². The molecule has 1 saturated heterocycles. The van der Waals surface area contributed by atoms with Gasteiger partial charge in [-0.15, -0.1) is 11.3 Å². The Kier molecular flexibility index (Phi) is 4.90. The molecule has 25 heavy (non-hydrogen) atoms. The smallest absolute Gasteiger partial charge is 0.251 e. The van der Waals surface area contributed by atoms with Crippen molar-refractivity contribution in [3.8, 4) is 11.5 Å². The van der Waals surface area contributed by atoms with E-state index in [1.54, 1.807) is 23.5 Å². The molecule has 1 N–H and O–H groups in total. The molecule has 6 heteroatoms. The van der Waals surface area contributed by atoms with Crippen LogP contribution in [0, 0.1) is 0 Å². The minimum absolute atomic E-state index is 0.0417. The fourth-order valence-corrected chi connectivity index (χ4v) is 4.14. The van der Waals surface area contributed by atoms with Crippen LogP contribution in [0.2, 0.25) is 0 Å². The number of amides is 1. The summed E-state index contributed by atoms with van der Waals surface area (Å²) in [6.45, 7) is 4.04. The minimum Gasteiger partial charge on any atom is -0.486 e. The highest BCUT2D eigenvalue weighted by molar-refractivity contribution is 7.09. The number of likely N-dealkylation sites (tertiary alicyclic amines) is 1. The molecule has 3 heterocycles. The molecule has 1 unspecified atom stereocenters. The lowest BCUT2D eigenvalue weighted by Gasteiger charge is -2.32. The number of nitrogens with one attached hydrogen (secondary N) is 1. The zero-order valence-corrected chi connectivity index (χ0v) is 14.9. The maximum Gasteiger partial charge on any atom is 0.251 e. The lowest BCUT2D eigenvalue weighted by molar-refractivity contribution is 0.0900. The Bertz CT molecular complexity index is 732. The minimum atomic E-state index is -0.0417. The van der Waals surface area contributed by atoms with Crippen molar-refractivity contribution in [1.82, 2.24) is 10.2 Å². The summed E-state index contributed by atoms with van der Waals surface area (Å²) in [5.74, 6) is 1.32. The first kappa shape index (κ1) is 16.4. The molecule has 1 fully saturated rings. The molecule has 0 spiro atoms. The molecule has 2 aliphatic rings. The van der Waals surface area contributed by atoms with Crippen LogP contribution in [0.3, 0.4) is 0 Å². The maximum atomic E-state index is 12.6. The predicted molar refractivity (Wildman–Crippen MR) is 97.5 cm³/mol. The summed E-state index contributed by atoms with van der Waals surface area (Å²) in [6.07, 6.45) is 2.13. The fraction of sp³-hybridized carbons (Fsp3) is 0.421. The number of nitrogens with zero attached hydrogens (tertiary/aromatic N) is 1. The van der Waals surface area contributed by atoms with Gasteiger partial charge in [0.15, 0.2) is 11.5 Å². The first-order valence-electron chi connectivity index (χ1n) is 8.73. The number of piperidine rings is 1. The van der Waals surface area contributed by atoms with E-state index in [0.717, 1.165) is 32.5 Å². The third-order valence-electron chi connectivity index (χ3n) is 4.60. The molecule has 5 nitrogen and oxygen atoms in total. The Morgan fingerprint density at radius 1 is 1.24 bits per heavy atom. The predicted octanol–water partition coefficient (Wildman–Crippen LogP) is 2.91. The van der Waals surface area contributed by atoms with Crippen LogP contribution in [-0.4, -0.2) is 43.2 Å². The molecule has 1 aromatic heterocycles. The van der Waals surface area contributed by atoms with Gasteiger partial charge in [-0.3, -0.25) is 9.69 Å². The molecule has 1 aromatic carbocycles. The molecule has 0 aliphatic carbocycles. The van der Waals surface area contributed by atoms with E-state index >= 15 is 0 Å². The quantitative estimate of drug-likeness (QED) is 0.913. The van der Waals surface area contributed by atoms with E-state index in [9.17, 15) is 4.79 Å². The van der Waals surface area contributed by atoms with Gasteiger partial charge in [-0.25, -0.2) is 0 Å². The topological polar surface area (TPSA) is 50.8 Å². The lowest BCUT2D eigenvalue weighted by atomic mass is 10.0. The SMILES string of the molecule is O=C(NC1CCCN(Cc2cccs2)C1)c1ccc2c(c1)OCCO2. The van der Waals surface area contributed by atoms with Crippen LogP contribution in [0.1, 0.15) is 28.1 Å². The van der Waals surface area contributed by atoms with E-state index in [2.05, 4.69) is 27.7 Å². The van der Waals surface area contributed by atoms with E-state index < -0.39 is 0 Å². The highest BCUT2D eigenvalue weighted by Gasteiger charge is 2.23. The van der Waals surface area contributed by atoms with Crippen LogP contribution in [0.5, 0.6) is 11.5 Å². The number of hydrogen-bond acceptors (Lipinski definition) is 5. The third kappa shape index (κ3) is 3.96. The zero-order chi connectivity index (χ0) is 17.1. The average Bonchev–Trinajstić information content (AvgIpc) is 3.14. The van der Waals surface area contributed by atoms with Crippen molar-refractivity contribution < 1.29 is 14.3 Å². The number of hydrogen-bond donors (Lipinski definition) is 1. The molecule has 2 aromatic rings. The number of carbonyl (C=O) groups is 1. The van der Waals surface area contributed by atoms with Crippen LogP contribution < -0.4 is 14.8 Å². The van der Waals surface area contributed by atoms with Crippen LogP contribution in [0.25, 0.3) is 0 Å². The standard InChI is InChI=1S/C19H22N2O3S/c22-19(14-5-6-17-18(11-14)24-9-8-23-17)20-15-3-1-7-21(12-15)13-16-4-2-10-25-16/h2,4-6,10-11,15H,1,3,7-9,12-13H2,(H,20,22). The molecule has 0 bridgehead atoms. The Balaban J connectivity index is 1.37. The van der Waals surface area contributed by atoms with Gasteiger partial charge in [-0.05, 0) is 49.0 Å². The Labute approximate surface area is 151 Å². The first-order chi connectivity index (χ1) is 12.3. The van der Waals surface area contributed by atoms with Crippen LogP contribution in [0.15, 0.2) is 35.7 Å². The second-order valence-electron chi connectivity index (χ2n) is 6.49. The third-order valence-corrected chi connectivity index (χ3v) is 5.47. The van der Waals surface area contributed by atoms with Crippen molar-refractivity contribution in [3.05, 3.63) is 46.2 Å². The van der Waals surface area contributed by atoms with Crippen molar-refractivity contribution in [2.45, 2.75) is 25.4 Å². The average molecular weight is 358 g/mol. The number of rotatable bonds is 4. The second kappa shape index (κ2) is 7.45. The monoisotopic (exact) mass is 358 g/mol. The number of ether oxygens (including phenoxy) is 2. The maximum absolute atomic E-state index is 12.6. The molecular formula is C19H22N2O3S. The molecule has 4 rings (SSSR count). The summed E-state index contributed by atoms with van der Waals surface area (Å²) < 4.78 is 11.1. The van der Waals surface area contributed by atoms with Gasteiger partial charge in [0.05, 0.1) is 0 Å². The van der Waals surface area contributed by atoms with Crippen molar-refractivity contribution in [2.75, 3.05) is 26.3 Å². The summed E-state index contributed by atoms with van der Waals surface area (Å²) in [7, 11) is 0. The lowest BCUT2D eigenvalue weighted by Crippen LogP contribution is -2.47. The zero-order valence-electron chi connectivity index (χ0n) is 14.1. The van der Waals surface area contributed by atoms with Crippen molar-refractivity contribution in [1.29, 1.82) is 0 Å². The van der Waals surface area contributed by atoms with Gasteiger partial charge < -0.3 is 14.8 Å². The van der Waals surface area contributed by atoms with E-state index in [1.165, 1.54) is 4.88 Å². The largest absolute Gasteiger partial charge is 0.486 e. The molecule has 0 radical (unpaired) electrons. The number of carbonyl (C=O) groups excluding carboxylic acids is 1. The van der Waals surface area contributed by atoms with Crippen molar-refractivity contribution >= 4 is 17.2 Å². The van der Waals surface area contributed by atoms with E-state index in [4.69, 9.17) is 9.47 Å². The van der Waals surface area contributed by atoms with Gasteiger partial charge in [0.1, 0.15) is 13.2 Å². The van der Waals surface area contributed by atoms with Gasteiger partial charge in [0, 0.05) is 29.6 Å². The van der Waals surface area contributed by atoms with E-state index in [-0.39, 0.29) is 11.9 Å². The van der Waals surface area contributed by atoms with E-state index in [0.29, 0.717) is 30.3 Å². The summed E-state index contributed by atoms with van der Waals surface area (Å²) in [4.78, 5) is 16.4. The molecule has 2 aliphatic heterocycles. The normalized spacial score (nSPS) is 20.2. The summed E-state index contributed by atoms with van der Waals surface area (Å²) in [5.41, 5.74) is 0.625. The van der Waals surface area contributed by atoms with Gasteiger partial charge >= 0.3 is 0 Å². The van der Waals surface area contributed by atoms with Gasteiger partial charge in [-0.2, -0.15) is 0 Å². The fourth-order valence-electron chi connectivity index (χ4n) is 3.39. The highest BCUT2D eigenvalue weighted by Crippen LogP contribution is 2.30. The number of fused-ring (bicyclic) bond motifs is 1. The number of thiophene rings is 1. The summed E-state index contributed by atoms with van der Waals surface area (Å²) >= 11 is 1.79. The van der Waals surface area contributed by atoms with Crippen LogP contribution >= 0.6 is 11.3 Å². The van der Waals surface area contributed by atoms with Gasteiger partial charge in [-0.1, -0.05) is 6.07 Å². The number of benzene rings is 1. The molecule has 132 valence electrons. The Morgan fingerprint density at radius 3 is 2.96 bits per heavy atom. The van der Waals surface area contributed by atoms with Gasteiger partial charge in [0.25, 0.3) is 5.91 Å². The first-order valence-corrected chi connectivity index (χ1v) is 9.61.